The van der Waals surface area contributed by atoms with E-state index in [1.54, 1.807) is 47.2 Å². The van der Waals surface area contributed by atoms with Crippen molar-refractivity contribution in [2.24, 2.45) is 0 Å². The predicted octanol–water partition coefficient (Wildman–Crippen LogP) is 9.99. The van der Waals surface area contributed by atoms with E-state index in [0.29, 0.717) is 12.8 Å². The summed E-state index contributed by atoms with van der Waals surface area (Å²) >= 11 is 0. The van der Waals surface area contributed by atoms with E-state index in [1.165, 1.54) is 37.8 Å². The zero-order valence-corrected chi connectivity index (χ0v) is 65.0. The van der Waals surface area contributed by atoms with E-state index in [-0.39, 0.29) is 133 Å². The third-order valence-electron chi connectivity index (χ3n) is 11.2. The molecule has 2 aromatic rings. The van der Waals surface area contributed by atoms with Crippen molar-refractivity contribution in [2.75, 3.05) is 53.9 Å². The van der Waals surface area contributed by atoms with Crippen molar-refractivity contribution in [2.45, 2.75) is 214 Å². The zero-order valence-electron chi connectivity index (χ0n) is 59.2. The number of halogens is 25. The van der Waals surface area contributed by atoms with Gasteiger partial charge < -0.3 is 31.6 Å². The standard InChI is InChI=1S/C19H26F12O5.C18H28O3S.C8H6F12O5.C8H10O3S.C2H6.CH3F.CH2O3.2K.H/c1-2-3-4-5-6-7-8-9-10-11-33-13-15(22,23)35-17(26,27)19(30,31)36-18(28,29)16(24,25)34-14(20,21)12-32;1-3-4-5-6-7-8-9-10-11-16-21-22(19,20)18-14-12-17(2)13-15-18;9-3(10,1-21)23-5(13,14)7(17,18)25-8(19,20)6(15,16)24-4(11,12)2-22;1-7-3-5-8(6-4-7)12(9,10)11-2;2*1-2;2-1-4-3;;;/h2,32H,1,3-13H2;3,12-15H,1,4-11,16H2,2H3;21-22H,1-2H2;3-6H,1-2H3;1-2H3;1H3;1,3H;;;/q;;;;;;;2*+1;-1/p-1/i;;;;;1D;;;;. The Morgan fingerprint density at radius 3 is 0.914 bits per heavy atom. The number of benzene rings is 2. The maximum atomic E-state index is 13.5. The average Bonchev–Trinajstić information content (AvgIpc) is 0.771. The number of hydrogen-bond donors (Lipinski definition) is 3. The van der Waals surface area contributed by atoms with Crippen LogP contribution in [0.15, 0.2) is 83.6 Å². The maximum absolute atomic E-state index is 13.5. The molecule has 0 unspecified atom stereocenters. The van der Waals surface area contributed by atoms with Crippen LogP contribution in [0.4, 0.5) is 110 Å². The molecule has 0 aliphatic rings. The Morgan fingerprint density at radius 1 is 0.438 bits per heavy atom. The molecule has 0 heterocycles. The molecule has 0 radical (unpaired) electrons. The number of rotatable bonds is 46. The minimum absolute atomic E-state index is 0. The largest absolute Gasteiger partial charge is 1.00 e. The SMILES string of the molecule is C=CCCCCCCCCCOCC(F)(F)OC(F)(F)C(F)(F)OC(F)(F)C(F)(F)OC(F)(F)CO.C=CCCCCCCCCCOS(=O)(=O)c1ccc(C)cc1.CC.COS(=O)(=O)c1ccc(C)cc1.O=CO[O-].OCC(F)(F)OC(F)(F)C(F)(F)OC(F)(F)C(F)(F)OC(F)(F)CO.[2H]CF.[H-].[K+].[K+]. The smallest absolute Gasteiger partial charge is 1.00 e. The molecule has 19 nitrogen and oxygen atoms in total. The van der Waals surface area contributed by atoms with Crippen LogP contribution in [0.3, 0.4) is 0 Å². The number of carbonyl (C=O) groups excluding carboxylic acids is 1. The topological polar surface area (TPSA) is 261 Å². The first-order chi connectivity index (χ1) is 47.4. The van der Waals surface area contributed by atoms with Gasteiger partial charge in [0.2, 0.25) is 0 Å². The number of hydrogen-bond acceptors (Lipinski definition) is 19. The van der Waals surface area contributed by atoms with E-state index in [0.717, 1.165) is 76.0 Å². The van der Waals surface area contributed by atoms with Crippen LogP contribution in [-0.4, -0.2) is 166 Å². The number of ether oxygens (including phenoxy) is 7. The van der Waals surface area contributed by atoms with Gasteiger partial charge in [-0.3, -0.25) is 17.6 Å². The van der Waals surface area contributed by atoms with E-state index in [9.17, 15) is 127 Å². The second-order valence-corrected chi connectivity index (χ2v) is 23.0. The monoisotopic (exact) mass is 1690 g/mol. The van der Waals surface area contributed by atoms with Crippen LogP contribution < -0.4 is 108 Å². The third kappa shape index (κ3) is 50.8. The molecule has 0 bridgehead atoms. The van der Waals surface area contributed by atoms with Gasteiger partial charge in [0.15, 0.2) is 0 Å². The molecule has 48 heteroatoms. The minimum atomic E-state index is -6.95. The predicted molar refractivity (Wildman–Crippen MR) is 309 cm³/mol. The van der Waals surface area contributed by atoms with Gasteiger partial charge in [0.25, 0.3) is 26.7 Å². The summed E-state index contributed by atoms with van der Waals surface area (Å²) in [5.41, 5.74) is 2.05. The van der Waals surface area contributed by atoms with Crippen LogP contribution in [0, 0.1) is 13.8 Å². The number of aryl methyl sites for hydroxylation is 2. The van der Waals surface area contributed by atoms with Gasteiger partial charge in [-0.2, -0.15) is 122 Å². The molecular weight excluding hydrogens is 1610 g/mol. The fourth-order valence-corrected chi connectivity index (χ4v) is 7.86. The second-order valence-electron chi connectivity index (χ2n) is 19.6. The normalized spacial score (nSPS) is 12.8. The fourth-order valence-electron chi connectivity index (χ4n) is 6.26. The number of allylic oxidation sites excluding steroid dienone is 2. The van der Waals surface area contributed by atoms with Gasteiger partial charge >= 0.3 is 176 Å². The van der Waals surface area contributed by atoms with Crippen molar-refractivity contribution < 1.29 is 304 Å². The van der Waals surface area contributed by atoms with Crippen molar-refractivity contribution in [1.82, 2.24) is 0 Å². The van der Waals surface area contributed by atoms with Crippen LogP contribution in [0.25, 0.3) is 0 Å². The molecule has 105 heavy (non-hydrogen) atoms. The Kier molecular flexibility index (Phi) is 60.6. The number of carbonyl (C=O) groups is 1. The molecule has 0 atom stereocenters. The number of alkyl halides is 25. The van der Waals surface area contributed by atoms with Gasteiger partial charge in [-0.05, 0) is 76.6 Å². The van der Waals surface area contributed by atoms with Gasteiger partial charge in [-0.1, -0.05) is 126 Å². The number of unbranched alkanes of at least 4 members (excludes halogenated alkanes) is 14. The van der Waals surface area contributed by atoms with Gasteiger partial charge in [-0.25, -0.2) is 28.4 Å². The Labute approximate surface area is 677 Å². The molecular formula is C57H81F25K2O19S2. The molecule has 0 amide bonds. The van der Waals surface area contributed by atoms with E-state index in [2.05, 4.69) is 36.4 Å². The van der Waals surface area contributed by atoms with E-state index in [4.69, 9.17) is 30.9 Å². The molecule has 0 aliphatic heterocycles. The van der Waals surface area contributed by atoms with Gasteiger partial charge in [0.1, 0.15) is 26.4 Å². The Bertz CT molecular complexity index is 2800. The summed E-state index contributed by atoms with van der Waals surface area (Å²) in [5.74, 6) is 0. The first kappa shape index (κ1) is 114. The van der Waals surface area contributed by atoms with Crippen molar-refractivity contribution in [3.05, 3.63) is 85.0 Å². The first-order valence-corrected chi connectivity index (χ1v) is 32.0. The maximum Gasteiger partial charge on any atom is 1.00 e. The number of aliphatic hydroxyl groups is 3. The summed E-state index contributed by atoms with van der Waals surface area (Å²) in [6.45, 7) is 4.75. The third-order valence-corrected chi connectivity index (χ3v) is 13.8. The molecule has 0 aromatic heterocycles. The summed E-state index contributed by atoms with van der Waals surface area (Å²) < 4.78 is 397. The Morgan fingerprint density at radius 2 is 0.667 bits per heavy atom. The molecule has 2 aromatic carbocycles. The summed E-state index contributed by atoms with van der Waals surface area (Å²) in [4.78, 5) is 11.7. The summed E-state index contributed by atoms with van der Waals surface area (Å²) in [6, 6.07) is 13.2. The summed E-state index contributed by atoms with van der Waals surface area (Å²) in [7, 11) is -6.96. The van der Waals surface area contributed by atoms with E-state index in [1.807, 2.05) is 48.0 Å². The van der Waals surface area contributed by atoms with Crippen LogP contribution in [-0.2, 0) is 71.4 Å². The molecule has 0 fully saturated rings. The Hall–Kier alpha value is -1.71. The van der Waals surface area contributed by atoms with E-state index >= 15 is 0 Å². The fraction of sp³-hybridized carbons (Fsp3) is 0.702. The van der Waals surface area contributed by atoms with Crippen LogP contribution >= 0.6 is 0 Å². The van der Waals surface area contributed by atoms with Gasteiger partial charge in [0, 0.05) is 6.61 Å². The molecule has 612 valence electrons. The van der Waals surface area contributed by atoms with Crippen molar-refractivity contribution in [3.8, 4) is 0 Å². The molecule has 0 saturated heterocycles. The number of aliphatic hydroxyl groups excluding tert-OH is 3. The Balaban J connectivity index is -0.000000203. The van der Waals surface area contributed by atoms with Crippen molar-refractivity contribution in [3.63, 3.8) is 0 Å². The van der Waals surface area contributed by atoms with E-state index < -0.39 is 134 Å². The second kappa shape index (κ2) is 55.7. The van der Waals surface area contributed by atoms with Crippen LogP contribution in [0.1, 0.15) is 131 Å². The zero-order chi connectivity index (χ0) is 82.4. The van der Waals surface area contributed by atoms with Crippen LogP contribution in [0.2, 0.25) is 0 Å². The first-order valence-electron chi connectivity index (χ1n) is 29.9. The summed E-state index contributed by atoms with van der Waals surface area (Å²) in [6.07, 6.45) is -57.6. The molecule has 0 saturated carbocycles. The summed E-state index contributed by atoms with van der Waals surface area (Å²) in [5, 5.41) is 32.1. The van der Waals surface area contributed by atoms with Crippen molar-refractivity contribution in [1.29, 1.82) is 0 Å². The van der Waals surface area contributed by atoms with Crippen molar-refractivity contribution >= 4 is 26.7 Å². The average molecular weight is 1690 g/mol. The van der Waals surface area contributed by atoms with Gasteiger partial charge in [-0.15, -0.1) is 13.2 Å². The molecule has 0 aliphatic carbocycles. The molecule has 3 N–H and O–H groups in total. The molecule has 0 spiro atoms. The van der Waals surface area contributed by atoms with Crippen LogP contribution in [0.5, 0.6) is 0 Å². The minimum Gasteiger partial charge on any atom is -1.00 e. The molecule has 2 rings (SSSR count). The van der Waals surface area contributed by atoms with Gasteiger partial charge in [0.05, 0.1) is 32.0 Å². The quantitative estimate of drug-likeness (QED) is 0.00813.